The fourth-order valence-corrected chi connectivity index (χ4v) is 2.85. The van der Waals surface area contributed by atoms with Crippen LogP contribution in [0.5, 0.6) is 0 Å². The lowest BCUT2D eigenvalue weighted by atomic mass is 9.97. The maximum absolute atomic E-state index is 4.61. The predicted octanol–water partition coefficient (Wildman–Crippen LogP) is 3.80. The summed E-state index contributed by atoms with van der Waals surface area (Å²) < 4.78 is 0. The van der Waals surface area contributed by atoms with E-state index in [-0.39, 0.29) is 0 Å². The second-order valence-corrected chi connectivity index (χ2v) is 5.91. The van der Waals surface area contributed by atoms with Crippen LogP contribution < -0.4 is 10.2 Å². The molecule has 5 heteroatoms. The van der Waals surface area contributed by atoms with E-state index in [4.69, 9.17) is 0 Å². The number of aromatic nitrogens is 3. The van der Waals surface area contributed by atoms with Crippen molar-refractivity contribution in [1.82, 2.24) is 15.2 Å². The maximum Gasteiger partial charge on any atom is 0.247 e. The third-order valence-electron chi connectivity index (χ3n) is 3.95. The van der Waals surface area contributed by atoms with Crippen molar-refractivity contribution >= 4 is 11.8 Å². The maximum atomic E-state index is 4.61. The predicted molar refractivity (Wildman–Crippen MR) is 92.3 cm³/mol. The minimum absolute atomic E-state index is 0.741. The number of hydrogen-bond donors (Lipinski definition) is 1. The van der Waals surface area contributed by atoms with Gasteiger partial charge in [-0.15, -0.1) is 5.10 Å². The number of hydrogen-bond acceptors (Lipinski definition) is 5. The van der Waals surface area contributed by atoms with Crippen LogP contribution in [0.3, 0.4) is 0 Å². The Labute approximate surface area is 134 Å². The van der Waals surface area contributed by atoms with Gasteiger partial charge in [0.25, 0.3) is 0 Å². The van der Waals surface area contributed by atoms with Gasteiger partial charge in [-0.05, 0) is 44.9 Å². The topological polar surface area (TPSA) is 53.9 Å². The molecule has 0 saturated heterocycles. The highest BCUT2D eigenvalue weighted by Crippen LogP contribution is 2.20. The summed E-state index contributed by atoms with van der Waals surface area (Å²) in [5.41, 5.74) is 1.58. The van der Waals surface area contributed by atoms with E-state index < -0.39 is 0 Å². The van der Waals surface area contributed by atoms with E-state index in [0.717, 1.165) is 50.7 Å². The van der Waals surface area contributed by atoms with Crippen LogP contribution in [-0.2, 0) is 0 Å². The molecule has 5 nitrogen and oxygen atoms in total. The molecule has 1 heterocycles. The first-order valence-electron chi connectivity index (χ1n) is 8.70. The summed E-state index contributed by atoms with van der Waals surface area (Å²) in [6.07, 6.45) is 12.6. The Morgan fingerprint density at radius 1 is 1.18 bits per heavy atom. The average molecular weight is 303 g/mol. The van der Waals surface area contributed by atoms with Crippen molar-refractivity contribution in [3.05, 3.63) is 17.8 Å². The van der Waals surface area contributed by atoms with Gasteiger partial charge in [-0.3, -0.25) is 0 Å². The molecule has 22 heavy (non-hydrogen) atoms. The van der Waals surface area contributed by atoms with Crippen LogP contribution in [0.15, 0.2) is 17.8 Å². The fraction of sp³-hybridized carbons (Fsp3) is 0.706. The molecule has 1 aliphatic rings. The third kappa shape index (κ3) is 5.28. The van der Waals surface area contributed by atoms with Gasteiger partial charge in [-0.1, -0.05) is 25.5 Å². The Balaban J connectivity index is 1.88. The third-order valence-corrected chi connectivity index (χ3v) is 3.95. The average Bonchev–Trinajstić information content (AvgIpc) is 2.56. The first-order valence-corrected chi connectivity index (χ1v) is 8.70. The zero-order chi connectivity index (χ0) is 15.6. The molecule has 0 spiro atoms. The van der Waals surface area contributed by atoms with Gasteiger partial charge < -0.3 is 10.2 Å². The van der Waals surface area contributed by atoms with Gasteiger partial charge in [0.05, 0.1) is 6.20 Å². The largest absolute Gasteiger partial charge is 0.368 e. The summed E-state index contributed by atoms with van der Waals surface area (Å²) in [5.74, 6) is 1.57. The first kappa shape index (κ1) is 16.7. The molecular weight excluding hydrogens is 274 g/mol. The second-order valence-electron chi connectivity index (χ2n) is 5.91. The van der Waals surface area contributed by atoms with Crippen LogP contribution in [0.4, 0.5) is 11.8 Å². The van der Waals surface area contributed by atoms with Crippen LogP contribution in [0, 0.1) is 0 Å². The van der Waals surface area contributed by atoms with Gasteiger partial charge in [-0.2, -0.15) is 10.1 Å². The molecule has 0 fully saturated rings. The van der Waals surface area contributed by atoms with E-state index in [2.05, 4.69) is 45.3 Å². The SMILES string of the molecule is CCCN(CCC)c1nncc(NCCC2=CCCCC2)n1. The molecule has 122 valence electrons. The zero-order valence-corrected chi connectivity index (χ0v) is 14.0. The Bertz CT molecular complexity index is 466. The Morgan fingerprint density at radius 2 is 2.00 bits per heavy atom. The van der Waals surface area contributed by atoms with Gasteiger partial charge in [0.15, 0.2) is 5.82 Å². The monoisotopic (exact) mass is 303 g/mol. The lowest BCUT2D eigenvalue weighted by molar-refractivity contribution is 0.678. The van der Waals surface area contributed by atoms with E-state index in [1.807, 2.05) is 0 Å². The zero-order valence-electron chi connectivity index (χ0n) is 14.0. The van der Waals surface area contributed by atoms with Crippen molar-refractivity contribution in [1.29, 1.82) is 0 Å². The molecule has 0 atom stereocenters. The minimum Gasteiger partial charge on any atom is -0.368 e. The van der Waals surface area contributed by atoms with Gasteiger partial charge in [-0.25, -0.2) is 0 Å². The highest BCUT2D eigenvalue weighted by Gasteiger charge is 2.09. The lowest BCUT2D eigenvalue weighted by Crippen LogP contribution is -2.27. The van der Waals surface area contributed by atoms with Gasteiger partial charge in [0.1, 0.15) is 0 Å². The number of anilines is 2. The molecular formula is C17H29N5. The smallest absolute Gasteiger partial charge is 0.247 e. The fourth-order valence-electron chi connectivity index (χ4n) is 2.85. The molecule has 0 bridgehead atoms. The van der Waals surface area contributed by atoms with Crippen LogP contribution in [0.1, 0.15) is 58.8 Å². The Kier molecular flexibility index (Phi) is 7.13. The summed E-state index contributed by atoms with van der Waals surface area (Å²) in [4.78, 5) is 6.82. The molecule has 0 aliphatic heterocycles. The first-order chi connectivity index (χ1) is 10.8. The van der Waals surface area contributed by atoms with Crippen molar-refractivity contribution in [2.75, 3.05) is 29.9 Å². The molecule has 0 unspecified atom stereocenters. The van der Waals surface area contributed by atoms with E-state index in [0.29, 0.717) is 0 Å². The number of nitrogens with one attached hydrogen (secondary N) is 1. The minimum atomic E-state index is 0.741. The van der Waals surface area contributed by atoms with Gasteiger partial charge in [0, 0.05) is 19.6 Å². The summed E-state index contributed by atoms with van der Waals surface area (Å²) in [5, 5.41) is 11.7. The van der Waals surface area contributed by atoms with E-state index in [9.17, 15) is 0 Å². The summed E-state index contributed by atoms with van der Waals surface area (Å²) in [6.45, 7) is 7.23. The number of allylic oxidation sites excluding steroid dienone is 1. The Morgan fingerprint density at radius 3 is 2.68 bits per heavy atom. The van der Waals surface area contributed by atoms with Crippen LogP contribution in [-0.4, -0.2) is 34.8 Å². The van der Waals surface area contributed by atoms with E-state index >= 15 is 0 Å². The summed E-state index contributed by atoms with van der Waals surface area (Å²) in [7, 11) is 0. The number of nitrogens with zero attached hydrogens (tertiary/aromatic N) is 4. The van der Waals surface area contributed by atoms with Crippen molar-refractivity contribution in [3.8, 4) is 0 Å². The van der Waals surface area contributed by atoms with Crippen LogP contribution in [0.2, 0.25) is 0 Å². The van der Waals surface area contributed by atoms with Crippen molar-refractivity contribution in [3.63, 3.8) is 0 Å². The molecule has 1 aromatic rings. The molecule has 2 rings (SSSR count). The second kappa shape index (κ2) is 9.38. The molecule has 0 amide bonds. The summed E-state index contributed by atoms with van der Waals surface area (Å²) in [6, 6.07) is 0. The highest BCUT2D eigenvalue weighted by atomic mass is 15.3. The van der Waals surface area contributed by atoms with Gasteiger partial charge >= 0.3 is 0 Å². The lowest BCUT2D eigenvalue weighted by Gasteiger charge is -2.21. The van der Waals surface area contributed by atoms with Crippen molar-refractivity contribution in [2.45, 2.75) is 58.8 Å². The number of rotatable bonds is 9. The quantitative estimate of drug-likeness (QED) is 0.703. The summed E-state index contributed by atoms with van der Waals surface area (Å²) >= 11 is 0. The van der Waals surface area contributed by atoms with Crippen LogP contribution in [0.25, 0.3) is 0 Å². The molecule has 1 N–H and O–H groups in total. The molecule has 0 radical (unpaired) electrons. The van der Waals surface area contributed by atoms with Crippen molar-refractivity contribution < 1.29 is 0 Å². The molecule has 1 aromatic heterocycles. The normalized spacial score (nSPS) is 14.5. The van der Waals surface area contributed by atoms with E-state index in [1.165, 1.54) is 25.7 Å². The van der Waals surface area contributed by atoms with E-state index in [1.54, 1.807) is 11.8 Å². The molecule has 0 aromatic carbocycles. The highest BCUT2D eigenvalue weighted by molar-refractivity contribution is 5.38. The van der Waals surface area contributed by atoms with Gasteiger partial charge in [0.2, 0.25) is 5.95 Å². The standard InChI is InChI=1S/C17H29N5/c1-3-12-22(13-4-2)17-20-16(14-19-21-17)18-11-10-15-8-6-5-7-9-15/h8,14H,3-7,9-13H2,1-2H3,(H,18,20,21). The van der Waals surface area contributed by atoms with Crippen LogP contribution >= 0.6 is 0 Å². The Hall–Kier alpha value is -1.65. The molecule has 1 aliphatic carbocycles. The molecule has 0 saturated carbocycles. The van der Waals surface area contributed by atoms with Crippen molar-refractivity contribution in [2.24, 2.45) is 0 Å².